The van der Waals surface area contributed by atoms with Crippen molar-refractivity contribution in [2.75, 3.05) is 26.7 Å². The van der Waals surface area contributed by atoms with Crippen LogP contribution in [0.15, 0.2) is 18.2 Å². The summed E-state index contributed by atoms with van der Waals surface area (Å²) in [6, 6.07) is 3.57. The molecule has 1 aromatic carbocycles. The Labute approximate surface area is 101 Å². The zero-order chi connectivity index (χ0) is 12.3. The summed E-state index contributed by atoms with van der Waals surface area (Å²) in [4.78, 5) is 2.29. The van der Waals surface area contributed by atoms with Crippen LogP contribution in [-0.2, 0) is 6.54 Å². The molecule has 0 radical (unpaired) electrons. The Morgan fingerprint density at radius 2 is 2.24 bits per heavy atom. The number of likely N-dealkylation sites (tertiary alicyclic amines) is 1. The van der Waals surface area contributed by atoms with Crippen LogP contribution < -0.4 is 5.32 Å². The quantitative estimate of drug-likeness (QED) is 0.866. The number of hydrogen-bond acceptors (Lipinski definition) is 2. The highest BCUT2D eigenvalue weighted by Gasteiger charge is 2.18. The van der Waals surface area contributed by atoms with Gasteiger partial charge in [-0.1, -0.05) is 0 Å². The molecule has 0 aliphatic carbocycles. The van der Waals surface area contributed by atoms with E-state index >= 15 is 0 Å². The van der Waals surface area contributed by atoms with Crippen molar-refractivity contribution in [2.24, 2.45) is 5.92 Å². The Kier molecular flexibility index (Phi) is 4.07. The summed E-state index contributed by atoms with van der Waals surface area (Å²) in [5, 5.41) is 3.20. The van der Waals surface area contributed by atoms with Crippen molar-refractivity contribution >= 4 is 0 Å². The predicted molar refractivity (Wildman–Crippen MR) is 63.7 cm³/mol. The number of halogens is 2. The minimum atomic E-state index is -0.385. The van der Waals surface area contributed by atoms with Crippen LogP contribution in [0.4, 0.5) is 8.78 Å². The van der Waals surface area contributed by atoms with E-state index in [0.717, 1.165) is 25.7 Å². The summed E-state index contributed by atoms with van der Waals surface area (Å²) in [7, 11) is 2.10. The molecule has 1 heterocycles. The second-order valence-electron chi connectivity index (χ2n) is 4.78. The van der Waals surface area contributed by atoms with Crippen molar-refractivity contribution in [1.82, 2.24) is 10.2 Å². The van der Waals surface area contributed by atoms with E-state index in [2.05, 4.69) is 17.3 Å². The van der Waals surface area contributed by atoms with Crippen LogP contribution in [-0.4, -0.2) is 31.6 Å². The van der Waals surface area contributed by atoms with Crippen LogP contribution in [0.5, 0.6) is 0 Å². The molecule has 0 bridgehead atoms. The molecule has 1 aliphatic rings. The molecular weight excluding hydrogens is 222 g/mol. The van der Waals surface area contributed by atoms with Crippen molar-refractivity contribution in [3.63, 3.8) is 0 Å². The number of benzene rings is 1. The smallest absolute Gasteiger partial charge is 0.127 e. The van der Waals surface area contributed by atoms with Crippen LogP contribution in [0.3, 0.4) is 0 Å². The molecule has 94 valence electrons. The van der Waals surface area contributed by atoms with E-state index < -0.39 is 0 Å². The number of nitrogens with one attached hydrogen (secondary N) is 1. The molecule has 1 atom stereocenters. The molecule has 1 aliphatic heterocycles. The van der Waals surface area contributed by atoms with Crippen LogP contribution in [0.25, 0.3) is 0 Å². The number of nitrogens with zero attached hydrogens (tertiary/aromatic N) is 1. The first-order valence-electron chi connectivity index (χ1n) is 5.98. The standard InChI is InChI=1S/C13H18F2N2/c1-17-5-4-10(9-17)7-16-8-11-6-12(14)2-3-13(11)15/h2-3,6,10,16H,4-5,7-9H2,1H3. The summed E-state index contributed by atoms with van der Waals surface area (Å²) < 4.78 is 26.2. The Bertz CT molecular complexity index is 382. The van der Waals surface area contributed by atoms with Crippen molar-refractivity contribution in [3.05, 3.63) is 35.4 Å². The van der Waals surface area contributed by atoms with Crippen LogP contribution in [0.2, 0.25) is 0 Å². The average Bonchev–Trinajstić information content (AvgIpc) is 2.69. The van der Waals surface area contributed by atoms with Crippen molar-refractivity contribution in [1.29, 1.82) is 0 Å². The molecule has 0 spiro atoms. The fourth-order valence-corrected chi connectivity index (χ4v) is 2.28. The fourth-order valence-electron chi connectivity index (χ4n) is 2.28. The fraction of sp³-hybridized carbons (Fsp3) is 0.538. The zero-order valence-electron chi connectivity index (χ0n) is 10.0. The SMILES string of the molecule is CN1CCC(CNCc2cc(F)ccc2F)C1. The van der Waals surface area contributed by atoms with Gasteiger partial charge in [0.25, 0.3) is 0 Å². The third-order valence-electron chi connectivity index (χ3n) is 3.25. The molecule has 1 aromatic rings. The largest absolute Gasteiger partial charge is 0.312 e. The van der Waals surface area contributed by atoms with Gasteiger partial charge in [0.1, 0.15) is 11.6 Å². The van der Waals surface area contributed by atoms with Gasteiger partial charge in [-0.05, 0) is 50.7 Å². The monoisotopic (exact) mass is 240 g/mol. The first-order chi connectivity index (χ1) is 8.15. The lowest BCUT2D eigenvalue weighted by atomic mass is 10.1. The zero-order valence-corrected chi connectivity index (χ0v) is 10.0. The van der Waals surface area contributed by atoms with E-state index in [0.29, 0.717) is 18.0 Å². The van der Waals surface area contributed by atoms with Gasteiger partial charge >= 0.3 is 0 Å². The summed E-state index contributed by atoms with van der Waals surface area (Å²) >= 11 is 0. The van der Waals surface area contributed by atoms with E-state index in [-0.39, 0.29) is 11.6 Å². The lowest BCUT2D eigenvalue weighted by Gasteiger charge is -2.12. The van der Waals surface area contributed by atoms with Gasteiger partial charge in [-0.2, -0.15) is 0 Å². The van der Waals surface area contributed by atoms with Gasteiger partial charge in [-0.15, -0.1) is 0 Å². The van der Waals surface area contributed by atoms with Gasteiger partial charge in [0.15, 0.2) is 0 Å². The van der Waals surface area contributed by atoms with Crippen molar-refractivity contribution in [3.8, 4) is 0 Å². The van der Waals surface area contributed by atoms with Gasteiger partial charge in [0, 0.05) is 18.7 Å². The van der Waals surface area contributed by atoms with Crippen molar-refractivity contribution in [2.45, 2.75) is 13.0 Å². The topological polar surface area (TPSA) is 15.3 Å². The molecule has 1 N–H and O–H groups in total. The van der Waals surface area contributed by atoms with Crippen LogP contribution >= 0.6 is 0 Å². The first kappa shape index (κ1) is 12.5. The molecule has 2 rings (SSSR count). The maximum atomic E-state index is 13.3. The maximum Gasteiger partial charge on any atom is 0.127 e. The summed E-state index contributed by atoms with van der Waals surface area (Å²) in [5.74, 6) is -0.108. The van der Waals surface area contributed by atoms with Gasteiger partial charge in [0.2, 0.25) is 0 Å². The number of rotatable bonds is 4. The van der Waals surface area contributed by atoms with E-state index in [1.165, 1.54) is 18.6 Å². The normalized spacial score (nSPS) is 21.0. The van der Waals surface area contributed by atoms with E-state index in [1.807, 2.05) is 0 Å². The van der Waals surface area contributed by atoms with Gasteiger partial charge in [0.05, 0.1) is 0 Å². The van der Waals surface area contributed by atoms with Crippen LogP contribution in [0, 0.1) is 17.6 Å². The maximum absolute atomic E-state index is 13.3. The van der Waals surface area contributed by atoms with Crippen molar-refractivity contribution < 1.29 is 8.78 Å². The average molecular weight is 240 g/mol. The Morgan fingerprint density at radius 1 is 1.41 bits per heavy atom. The molecule has 4 heteroatoms. The Hall–Kier alpha value is -1.00. The molecule has 0 saturated carbocycles. The molecular formula is C13H18F2N2. The highest BCUT2D eigenvalue weighted by molar-refractivity contribution is 5.18. The molecule has 1 saturated heterocycles. The summed E-state index contributed by atoms with van der Waals surface area (Å²) in [6.45, 7) is 3.46. The minimum absolute atomic E-state index is 0.345. The second-order valence-corrected chi connectivity index (χ2v) is 4.78. The first-order valence-corrected chi connectivity index (χ1v) is 5.98. The predicted octanol–water partition coefficient (Wildman–Crippen LogP) is 2.01. The molecule has 17 heavy (non-hydrogen) atoms. The van der Waals surface area contributed by atoms with Gasteiger partial charge < -0.3 is 10.2 Å². The minimum Gasteiger partial charge on any atom is -0.312 e. The summed E-state index contributed by atoms with van der Waals surface area (Å²) in [5.41, 5.74) is 0.399. The Morgan fingerprint density at radius 3 is 2.94 bits per heavy atom. The highest BCUT2D eigenvalue weighted by atomic mass is 19.1. The van der Waals surface area contributed by atoms with E-state index in [4.69, 9.17) is 0 Å². The second kappa shape index (κ2) is 5.56. The van der Waals surface area contributed by atoms with E-state index in [1.54, 1.807) is 0 Å². The lowest BCUT2D eigenvalue weighted by molar-refractivity contribution is 0.387. The Balaban J connectivity index is 1.80. The van der Waals surface area contributed by atoms with E-state index in [9.17, 15) is 8.78 Å². The molecule has 0 amide bonds. The van der Waals surface area contributed by atoms with Gasteiger partial charge in [-0.25, -0.2) is 8.78 Å². The lowest BCUT2D eigenvalue weighted by Crippen LogP contribution is -2.25. The van der Waals surface area contributed by atoms with Gasteiger partial charge in [-0.3, -0.25) is 0 Å². The number of hydrogen-bond donors (Lipinski definition) is 1. The van der Waals surface area contributed by atoms with Crippen LogP contribution in [0.1, 0.15) is 12.0 Å². The molecule has 2 nitrogen and oxygen atoms in total. The molecule has 1 unspecified atom stereocenters. The molecule has 1 fully saturated rings. The summed E-state index contributed by atoms with van der Waals surface area (Å²) in [6.07, 6.45) is 1.18. The highest BCUT2D eigenvalue weighted by Crippen LogP contribution is 2.14. The third kappa shape index (κ3) is 3.48. The third-order valence-corrected chi connectivity index (χ3v) is 3.25. The molecule has 0 aromatic heterocycles.